The van der Waals surface area contributed by atoms with E-state index in [0.717, 1.165) is 16.5 Å². The number of nitrogens with zero attached hydrogens (tertiary/aromatic N) is 3. The summed E-state index contributed by atoms with van der Waals surface area (Å²) in [5.41, 5.74) is 2.08. The van der Waals surface area contributed by atoms with E-state index in [1.165, 1.54) is 11.3 Å². The molecule has 4 aromatic rings. The molecule has 0 N–H and O–H groups in total. The van der Waals surface area contributed by atoms with Crippen LogP contribution in [0, 0.1) is 11.3 Å². The zero-order valence-corrected chi connectivity index (χ0v) is 11.4. The number of furan rings is 1. The molecular weight excluding hydrogens is 286 g/mol. The Morgan fingerprint density at radius 1 is 1.19 bits per heavy atom. The Bertz CT molecular complexity index is 974. The fourth-order valence-corrected chi connectivity index (χ4v) is 2.90. The highest BCUT2D eigenvalue weighted by atomic mass is 32.1. The first-order valence-electron chi connectivity index (χ1n) is 6.15. The largest absolute Gasteiger partial charge is 0.464 e. The number of benzene rings is 1. The average Bonchev–Trinajstić information content (AvgIpc) is 3.24. The Labute approximate surface area is 123 Å². The summed E-state index contributed by atoms with van der Waals surface area (Å²) in [7, 11) is 0. The van der Waals surface area contributed by atoms with Gasteiger partial charge in [-0.05, 0) is 17.5 Å². The topological polar surface area (TPSA) is 75.8 Å². The second kappa shape index (κ2) is 4.58. The molecule has 1 aromatic carbocycles. The summed E-state index contributed by atoms with van der Waals surface area (Å²) in [6.07, 6.45) is 1.61. The standard InChI is InChI=1S/C15H7N3O2S/c16-7-9-5-6-21-13(9)15-17-14(18-20-15)11-8-19-12-4-2-1-3-10(11)12/h1-6,8H. The van der Waals surface area contributed by atoms with Crippen LogP contribution in [0.4, 0.5) is 0 Å². The Hall–Kier alpha value is -2.91. The van der Waals surface area contributed by atoms with Crippen LogP contribution in [0.1, 0.15) is 5.56 Å². The summed E-state index contributed by atoms with van der Waals surface area (Å²) in [4.78, 5) is 5.06. The van der Waals surface area contributed by atoms with Crippen molar-refractivity contribution in [2.45, 2.75) is 0 Å². The van der Waals surface area contributed by atoms with Crippen LogP contribution in [0.3, 0.4) is 0 Å². The average molecular weight is 293 g/mol. The van der Waals surface area contributed by atoms with E-state index in [1.807, 2.05) is 29.6 Å². The third kappa shape index (κ3) is 1.83. The molecule has 21 heavy (non-hydrogen) atoms. The maximum atomic E-state index is 9.05. The van der Waals surface area contributed by atoms with Crippen molar-refractivity contribution >= 4 is 22.3 Å². The summed E-state index contributed by atoms with van der Waals surface area (Å²) >= 11 is 1.40. The van der Waals surface area contributed by atoms with E-state index in [1.54, 1.807) is 12.3 Å². The molecule has 5 nitrogen and oxygen atoms in total. The molecule has 0 radical (unpaired) electrons. The molecular formula is C15H7N3O2S. The molecule has 0 aliphatic carbocycles. The van der Waals surface area contributed by atoms with Crippen molar-refractivity contribution in [3.63, 3.8) is 0 Å². The Balaban J connectivity index is 1.83. The minimum Gasteiger partial charge on any atom is -0.464 e. The van der Waals surface area contributed by atoms with Crippen molar-refractivity contribution in [2.75, 3.05) is 0 Å². The van der Waals surface area contributed by atoms with Crippen LogP contribution in [0.15, 0.2) is 50.9 Å². The third-order valence-electron chi connectivity index (χ3n) is 3.13. The van der Waals surface area contributed by atoms with Gasteiger partial charge in [-0.2, -0.15) is 10.2 Å². The predicted molar refractivity (Wildman–Crippen MR) is 77.5 cm³/mol. The lowest BCUT2D eigenvalue weighted by Crippen LogP contribution is -1.79. The van der Waals surface area contributed by atoms with Gasteiger partial charge >= 0.3 is 0 Å². The predicted octanol–water partition coefficient (Wildman–Crippen LogP) is 4.08. The van der Waals surface area contributed by atoms with E-state index < -0.39 is 0 Å². The smallest absolute Gasteiger partial charge is 0.269 e. The van der Waals surface area contributed by atoms with E-state index in [9.17, 15) is 0 Å². The lowest BCUT2D eigenvalue weighted by Gasteiger charge is -1.89. The number of hydrogen-bond acceptors (Lipinski definition) is 6. The molecule has 3 heterocycles. The number of fused-ring (bicyclic) bond motifs is 1. The summed E-state index contributed by atoms with van der Waals surface area (Å²) in [6.45, 7) is 0. The minimum atomic E-state index is 0.349. The molecule has 0 saturated carbocycles. The zero-order valence-electron chi connectivity index (χ0n) is 10.6. The van der Waals surface area contributed by atoms with E-state index in [4.69, 9.17) is 14.2 Å². The third-order valence-corrected chi connectivity index (χ3v) is 4.03. The molecule has 0 aliphatic rings. The fourth-order valence-electron chi connectivity index (χ4n) is 2.14. The first-order chi connectivity index (χ1) is 10.4. The van der Waals surface area contributed by atoms with Gasteiger partial charge in [0.05, 0.1) is 11.1 Å². The van der Waals surface area contributed by atoms with Gasteiger partial charge in [-0.1, -0.05) is 23.4 Å². The molecule has 0 saturated heterocycles. The van der Waals surface area contributed by atoms with Gasteiger partial charge in [0.15, 0.2) is 0 Å². The highest BCUT2D eigenvalue weighted by Crippen LogP contribution is 2.32. The lowest BCUT2D eigenvalue weighted by atomic mass is 10.2. The molecule has 0 spiro atoms. The molecule has 0 aliphatic heterocycles. The number of rotatable bonds is 2. The lowest BCUT2D eigenvalue weighted by molar-refractivity contribution is 0.433. The summed E-state index contributed by atoms with van der Waals surface area (Å²) in [5, 5.41) is 15.8. The number of aromatic nitrogens is 2. The molecule has 6 heteroatoms. The SMILES string of the molecule is N#Cc1ccsc1-c1nc(-c2coc3ccccc23)no1. The molecule has 0 unspecified atom stereocenters. The highest BCUT2D eigenvalue weighted by molar-refractivity contribution is 7.13. The van der Waals surface area contributed by atoms with Crippen molar-refractivity contribution in [2.24, 2.45) is 0 Å². The van der Waals surface area contributed by atoms with Crippen LogP contribution in [0.25, 0.3) is 33.1 Å². The van der Waals surface area contributed by atoms with E-state index >= 15 is 0 Å². The monoisotopic (exact) mass is 293 g/mol. The van der Waals surface area contributed by atoms with Crippen molar-refractivity contribution in [3.05, 3.63) is 47.5 Å². The normalized spacial score (nSPS) is 10.8. The maximum Gasteiger partial charge on any atom is 0.269 e. The van der Waals surface area contributed by atoms with Crippen LogP contribution in [0.5, 0.6) is 0 Å². The van der Waals surface area contributed by atoms with Crippen LogP contribution in [-0.4, -0.2) is 10.1 Å². The van der Waals surface area contributed by atoms with Gasteiger partial charge < -0.3 is 8.94 Å². The number of nitriles is 1. The molecule has 4 rings (SSSR count). The van der Waals surface area contributed by atoms with Gasteiger partial charge in [-0.15, -0.1) is 11.3 Å². The minimum absolute atomic E-state index is 0.349. The van der Waals surface area contributed by atoms with Crippen molar-refractivity contribution in [1.82, 2.24) is 10.1 Å². The first kappa shape index (κ1) is 11.9. The molecule has 3 aromatic heterocycles. The maximum absolute atomic E-state index is 9.05. The van der Waals surface area contributed by atoms with Crippen molar-refractivity contribution in [3.8, 4) is 28.2 Å². The number of para-hydroxylation sites is 1. The van der Waals surface area contributed by atoms with Crippen molar-refractivity contribution < 1.29 is 8.94 Å². The van der Waals surface area contributed by atoms with Crippen molar-refractivity contribution in [1.29, 1.82) is 5.26 Å². The van der Waals surface area contributed by atoms with Crippen LogP contribution in [0.2, 0.25) is 0 Å². The van der Waals surface area contributed by atoms with Gasteiger partial charge in [-0.3, -0.25) is 0 Å². The molecule has 100 valence electrons. The highest BCUT2D eigenvalue weighted by Gasteiger charge is 2.18. The molecule has 0 amide bonds. The molecule has 0 atom stereocenters. The second-order valence-electron chi connectivity index (χ2n) is 4.34. The first-order valence-corrected chi connectivity index (χ1v) is 7.03. The Morgan fingerprint density at radius 2 is 2.10 bits per heavy atom. The quantitative estimate of drug-likeness (QED) is 0.556. The van der Waals surface area contributed by atoms with Gasteiger partial charge in [-0.25, -0.2) is 0 Å². The number of thiophene rings is 1. The van der Waals surface area contributed by atoms with E-state index in [2.05, 4.69) is 16.2 Å². The molecule has 0 fully saturated rings. The van der Waals surface area contributed by atoms with Crippen LogP contribution in [-0.2, 0) is 0 Å². The van der Waals surface area contributed by atoms with Gasteiger partial charge in [0, 0.05) is 5.39 Å². The Kier molecular flexibility index (Phi) is 2.59. The Morgan fingerprint density at radius 3 is 3.00 bits per heavy atom. The van der Waals surface area contributed by atoms with Crippen LogP contribution >= 0.6 is 11.3 Å². The zero-order chi connectivity index (χ0) is 14.2. The summed E-state index contributed by atoms with van der Waals surface area (Å²) in [5.74, 6) is 0.800. The van der Waals surface area contributed by atoms with Gasteiger partial charge in [0.25, 0.3) is 5.89 Å². The summed E-state index contributed by atoms with van der Waals surface area (Å²) < 4.78 is 10.8. The number of hydrogen-bond donors (Lipinski definition) is 0. The van der Waals surface area contributed by atoms with Crippen LogP contribution < -0.4 is 0 Å². The fraction of sp³-hybridized carbons (Fsp3) is 0. The van der Waals surface area contributed by atoms with E-state index in [0.29, 0.717) is 22.2 Å². The van der Waals surface area contributed by atoms with Gasteiger partial charge in [0.1, 0.15) is 22.8 Å². The van der Waals surface area contributed by atoms with E-state index in [-0.39, 0.29) is 0 Å². The van der Waals surface area contributed by atoms with Gasteiger partial charge in [0.2, 0.25) is 5.82 Å². The molecule has 0 bridgehead atoms. The summed E-state index contributed by atoms with van der Waals surface area (Å²) in [6, 6.07) is 11.5. The second-order valence-corrected chi connectivity index (χ2v) is 5.26.